The van der Waals surface area contributed by atoms with Gasteiger partial charge in [0.05, 0.1) is 20.3 Å². The molecule has 0 unspecified atom stereocenters. The highest BCUT2D eigenvalue weighted by Gasteiger charge is 2.19. The van der Waals surface area contributed by atoms with Crippen molar-refractivity contribution in [2.75, 3.05) is 53.0 Å². The first-order chi connectivity index (χ1) is 11.3. The largest absolute Gasteiger partial charge is 0.497 e. The number of aromatic nitrogens is 1. The summed E-state index contributed by atoms with van der Waals surface area (Å²) in [5.41, 5.74) is 2.75. The molecule has 3 heterocycles. The quantitative estimate of drug-likeness (QED) is 0.860. The summed E-state index contributed by atoms with van der Waals surface area (Å²) in [7, 11) is 1.73. The summed E-state index contributed by atoms with van der Waals surface area (Å²) in [5, 5.41) is 1.29. The summed E-state index contributed by atoms with van der Waals surface area (Å²) in [6, 6.07) is 8.69. The first-order valence-corrected chi connectivity index (χ1v) is 8.52. The molecule has 0 bridgehead atoms. The van der Waals surface area contributed by atoms with Crippen LogP contribution in [-0.2, 0) is 17.8 Å². The normalized spacial score (nSPS) is 19.9. The van der Waals surface area contributed by atoms with Crippen molar-refractivity contribution in [3.05, 3.63) is 30.0 Å². The van der Waals surface area contributed by atoms with Crippen LogP contribution >= 0.6 is 0 Å². The predicted molar refractivity (Wildman–Crippen MR) is 91.0 cm³/mol. The minimum absolute atomic E-state index is 0.885. The summed E-state index contributed by atoms with van der Waals surface area (Å²) in [6.07, 6.45) is 0. The van der Waals surface area contributed by atoms with Gasteiger partial charge in [0.2, 0.25) is 0 Å². The number of methoxy groups -OCH3 is 1. The molecule has 0 amide bonds. The van der Waals surface area contributed by atoms with Gasteiger partial charge in [-0.15, -0.1) is 0 Å². The van der Waals surface area contributed by atoms with Crippen LogP contribution < -0.4 is 4.74 Å². The highest BCUT2D eigenvalue weighted by Crippen LogP contribution is 2.27. The fourth-order valence-electron chi connectivity index (χ4n) is 3.68. The minimum atomic E-state index is 0.885. The van der Waals surface area contributed by atoms with Gasteiger partial charge in [0.25, 0.3) is 0 Å². The van der Waals surface area contributed by atoms with Gasteiger partial charge in [0.1, 0.15) is 5.75 Å². The molecule has 0 spiro atoms. The van der Waals surface area contributed by atoms with E-state index < -0.39 is 0 Å². The molecule has 5 nitrogen and oxygen atoms in total. The van der Waals surface area contributed by atoms with E-state index in [4.69, 9.17) is 9.47 Å². The van der Waals surface area contributed by atoms with Gasteiger partial charge in [-0.1, -0.05) is 0 Å². The standard InChI is InChI=1S/C18H25N3O2/c1-22-17-2-3-18-15(13-17)12-16-14-20(6-7-21(16)18)5-4-19-8-10-23-11-9-19/h2-3,12-13H,4-11,14H2,1H3. The lowest BCUT2D eigenvalue weighted by molar-refractivity contribution is 0.0320. The minimum Gasteiger partial charge on any atom is -0.497 e. The molecule has 0 aliphatic carbocycles. The van der Waals surface area contributed by atoms with Crippen molar-refractivity contribution in [1.29, 1.82) is 0 Å². The first kappa shape index (κ1) is 15.0. The Hall–Kier alpha value is -1.56. The zero-order chi connectivity index (χ0) is 15.6. The highest BCUT2D eigenvalue weighted by molar-refractivity contribution is 5.83. The maximum atomic E-state index is 5.42. The molecule has 124 valence electrons. The van der Waals surface area contributed by atoms with Crippen LogP contribution in [0.15, 0.2) is 24.3 Å². The molecule has 0 radical (unpaired) electrons. The molecule has 4 rings (SSSR count). The molecule has 1 fully saturated rings. The van der Waals surface area contributed by atoms with Crippen LogP contribution in [0.1, 0.15) is 5.69 Å². The van der Waals surface area contributed by atoms with Crippen molar-refractivity contribution < 1.29 is 9.47 Å². The van der Waals surface area contributed by atoms with Crippen molar-refractivity contribution in [2.24, 2.45) is 0 Å². The Morgan fingerprint density at radius 3 is 2.65 bits per heavy atom. The Balaban J connectivity index is 1.44. The van der Waals surface area contributed by atoms with E-state index in [9.17, 15) is 0 Å². The van der Waals surface area contributed by atoms with E-state index in [-0.39, 0.29) is 0 Å². The van der Waals surface area contributed by atoms with Crippen LogP contribution in [-0.4, -0.2) is 67.4 Å². The van der Waals surface area contributed by atoms with Crippen LogP contribution in [0.4, 0.5) is 0 Å². The molecular weight excluding hydrogens is 290 g/mol. The fourth-order valence-corrected chi connectivity index (χ4v) is 3.68. The van der Waals surface area contributed by atoms with Crippen LogP contribution in [0.25, 0.3) is 10.9 Å². The van der Waals surface area contributed by atoms with E-state index in [0.29, 0.717) is 0 Å². The van der Waals surface area contributed by atoms with Crippen LogP contribution in [0.5, 0.6) is 5.75 Å². The molecular formula is C18H25N3O2. The number of hydrogen-bond acceptors (Lipinski definition) is 4. The van der Waals surface area contributed by atoms with E-state index in [0.717, 1.165) is 64.8 Å². The summed E-state index contributed by atoms with van der Waals surface area (Å²) >= 11 is 0. The molecule has 2 aliphatic heterocycles. The molecule has 2 aliphatic rings. The van der Waals surface area contributed by atoms with Crippen molar-refractivity contribution in [2.45, 2.75) is 13.1 Å². The SMILES string of the molecule is COc1ccc2c(c1)cc1n2CCN(CCN2CCOCC2)C1. The van der Waals surface area contributed by atoms with Crippen molar-refractivity contribution in [1.82, 2.24) is 14.4 Å². The van der Waals surface area contributed by atoms with Gasteiger partial charge in [-0.3, -0.25) is 9.80 Å². The lowest BCUT2D eigenvalue weighted by Crippen LogP contribution is -2.43. The molecule has 0 N–H and O–H groups in total. The van der Waals surface area contributed by atoms with Gasteiger partial charge in [-0.05, 0) is 24.3 Å². The Bertz CT molecular complexity index is 676. The third kappa shape index (κ3) is 3.09. The van der Waals surface area contributed by atoms with Gasteiger partial charge < -0.3 is 14.0 Å². The Labute approximate surface area is 137 Å². The second-order valence-electron chi connectivity index (χ2n) is 6.44. The molecule has 2 aromatic rings. The van der Waals surface area contributed by atoms with Crippen LogP contribution in [0, 0.1) is 0 Å². The van der Waals surface area contributed by atoms with Gasteiger partial charge in [0.15, 0.2) is 0 Å². The Morgan fingerprint density at radius 2 is 1.83 bits per heavy atom. The monoisotopic (exact) mass is 315 g/mol. The Kier molecular flexibility index (Phi) is 4.25. The number of fused-ring (bicyclic) bond motifs is 3. The predicted octanol–water partition coefficient (Wildman–Crippen LogP) is 1.80. The van der Waals surface area contributed by atoms with Gasteiger partial charge in [-0.2, -0.15) is 0 Å². The second kappa shape index (κ2) is 6.51. The van der Waals surface area contributed by atoms with E-state index in [1.165, 1.54) is 16.6 Å². The van der Waals surface area contributed by atoms with E-state index >= 15 is 0 Å². The summed E-state index contributed by atoms with van der Waals surface area (Å²) in [4.78, 5) is 5.08. The van der Waals surface area contributed by atoms with Gasteiger partial charge in [0, 0.05) is 62.4 Å². The third-order valence-electron chi connectivity index (χ3n) is 5.06. The lowest BCUT2D eigenvalue weighted by atomic mass is 10.2. The Morgan fingerprint density at radius 1 is 1.00 bits per heavy atom. The zero-order valence-corrected chi connectivity index (χ0v) is 13.8. The van der Waals surface area contributed by atoms with Crippen molar-refractivity contribution in [3.63, 3.8) is 0 Å². The fraction of sp³-hybridized carbons (Fsp3) is 0.556. The number of morpholine rings is 1. The molecule has 23 heavy (non-hydrogen) atoms. The molecule has 5 heteroatoms. The second-order valence-corrected chi connectivity index (χ2v) is 6.44. The van der Waals surface area contributed by atoms with Crippen molar-refractivity contribution >= 4 is 10.9 Å². The summed E-state index contributed by atoms with van der Waals surface area (Å²) in [6.45, 7) is 9.47. The average Bonchev–Trinajstić information content (AvgIpc) is 2.97. The number of rotatable bonds is 4. The molecule has 1 saturated heterocycles. The highest BCUT2D eigenvalue weighted by atomic mass is 16.5. The molecule has 0 atom stereocenters. The maximum absolute atomic E-state index is 5.42. The maximum Gasteiger partial charge on any atom is 0.119 e. The number of hydrogen-bond donors (Lipinski definition) is 0. The van der Waals surface area contributed by atoms with Crippen LogP contribution in [0.3, 0.4) is 0 Å². The number of nitrogens with zero attached hydrogens (tertiary/aromatic N) is 3. The molecule has 1 aromatic heterocycles. The lowest BCUT2D eigenvalue weighted by Gasteiger charge is -2.32. The van der Waals surface area contributed by atoms with Gasteiger partial charge >= 0.3 is 0 Å². The number of benzene rings is 1. The number of ether oxygens (including phenoxy) is 2. The van der Waals surface area contributed by atoms with Gasteiger partial charge in [-0.25, -0.2) is 0 Å². The smallest absolute Gasteiger partial charge is 0.119 e. The first-order valence-electron chi connectivity index (χ1n) is 8.52. The topological polar surface area (TPSA) is 29.9 Å². The summed E-state index contributed by atoms with van der Waals surface area (Å²) < 4.78 is 13.2. The van der Waals surface area contributed by atoms with E-state index in [1.807, 2.05) is 0 Å². The average molecular weight is 315 g/mol. The molecule has 1 aromatic carbocycles. The molecule has 0 saturated carbocycles. The van der Waals surface area contributed by atoms with Crippen molar-refractivity contribution in [3.8, 4) is 5.75 Å². The zero-order valence-electron chi connectivity index (χ0n) is 13.8. The summed E-state index contributed by atoms with van der Waals surface area (Å²) in [5.74, 6) is 0.935. The van der Waals surface area contributed by atoms with Crippen LogP contribution in [0.2, 0.25) is 0 Å². The van der Waals surface area contributed by atoms with E-state index in [1.54, 1.807) is 7.11 Å². The third-order valence-corrected chi connectivity index (χ3v) is 5.06. The van der Waals surface area contributed by atoms with E-state index in [2.05, 4.69) is 38.6 Å².